The van der Waals surface area contributed by atoms with Gasteiger partial charge in [-0.05, 0) is 30.0 Å². The van der Waals surface area contributed by atoms with Crippen LogP contribution in [-0.4, -0.2) is 4.92 Å². The number of hydrogen-bond acceptors (Lipinski definition) is 4. The molecule has 1 aromatic heterocycles. The van der Waals surface area contributed by atoms with Crippen molar-refractivity contribution in [1.82, 2.24) is 0 Å². The lowest BCUT2D eigenvalue weighted by molar-refractivity contribution is -0.387. The van der Waals surface area contributed by atoms with Gasteiger partial charge in [-0.1, -0.05) is 0 Å². The maximum Gasteiger partial charge on any atom is 0.304 e. The molecular weight excluding hydrogens is 255 g/mol. The third-order valence-electron chi connectivity index (χ3n) is 2.57. The molecule has 0 aliphatic rings. The minimum atomic E-state index is -0.826. The van der Waals surface area contributed by atoms with E-state index in [2.05, 4.69) is 5.32 Å². The van der Waals surface area contributed by atoms with Crippen molar-refractivity contribution >= 4 is 22.7 Å². The fourth-order valence-corrected chi connectivity index (χ4v) is 2.38. The molecule has 0 unspecified atom stereocenters. The first-order chi connectivity index (χ1) is 8.58. The molecule has 1 aromatic carbocycles. The molecule has 18 heavy (non-hydrogen) atoms. The van der Waals surface area contributed by atoms with Gasteiger partial charge in [-0.2, -0.15) is 4.39 Å². The Bertz CT molecular complexity index is 583. The summed E-state index contributed by atoms with van der Waals surface area (Å²) in [5.41, 5.74) is 1.20. The van der Waals surface area contributed by atoms with Gasteiger partial charge in [0.1, 0.15) is 0 Å². The monoisotopic (exact) mass is 266 g/mol. The lowest BCUT2D eigenvalue weighted by Crippen LogP contribution is -2.00. The highest BCUT2D eigenvalue weighted by Gasteiger charge is 2.13. The van der Waals surface area contributed by atoms with Crippen LogP contribution in [0.15, 0.2) is 29.6 Å². The van der Waals surface area contributed by atoms with Crippen LogP contribution in [-0.2, 0) is 6.54 Å². The summed E-state index contributed by atoms with van der Waals surface area (Å²) in [6.45, 7) is 2.59. The Hall–Kier alpha value is -1.95. The fraction of sp³-hybridized carbons (Fsp3) is 0.167. The molecule has 0 saturated heterocycles. The van der Waals surface area contributed by atoms with Gasteiger partial charge in [-0.3, -0.25) is 10.1 Å². The van der Waals surface area contributed by atoms with Crippen molar-refractivity contribution in [2.24, 2.45) is 0 Å². The number of aryl methyl sites for hydroxylation is 1. The SMILES string of the molecule is Cc1ccsc1CNc1ccc([N+](=O)[O-])c(F)c1. The van der Waals surface area contributed by atoms with Crippen molar-refractivity contribution in [3.63, 3.8) is 0 Å². The fourth-order valence-electron chi connectivity index (χ4n) is 1.53. The largest absolute Gasteiger partial charge is 0.380 e. The standard InChI is InChI=1S/C12H11FN2O2S/c1-8-4-5-18-12(8)7-14-9-2-3-11(15(16)17)10(13)6-9/h2-6,14H,7H2,1H3. The van der Waals surface area contributed by atoms with Crippen molar-refractivity contribution in [2.45, 2.75) is 13.5 Å². The molecule has 0 radical (unpaired) electrons. The smallest absolute Gasteiger partial charge is 0.304 e. The predicted octanol–water partition coefficient (Wildman–Crippen LogP) is 3.72. The van der Waals surface area contributed by atoms with Gasteiger partial charge in [0.15, 0.2) is 0 Å². The van der Waals surface area contributed by atoms with E-state index in [9.17, 15) is 14.5 Å². The summed E-state index contributed by atoms with van der Waals surface area (Å²) in [6, 6.07) is 5.82. The summed E-state index contributed by atoms with van der Waals surface area (Å²) in [5.74, 6) is -0.826. The number of hydrogen-bond donors (Lipinski definition) is 1. The second kappa shape index (κ2) is 5.14. The van der Waals surface area contributed by atoms with Gasteiger partial charge >= 0.3 is 5.69 Å². The van der Waals surface area contributed by atoms with Gasteiger partial charge in [0.05, 0.1) is 4.92 Å². The number of nitrogens with one attached hydrogen (secondary N) is 1. The maximum atomic E-state index is 13.4. The molecule has 94 valence electrons. The van der Waals surface area contributed by atoms with E-state index in [4.69, 9.17) is 0 Å². The molecule has 1 heterocycles. The number of nitro groups is 1. The first-order valence-electron chi connectivity index (χ1n) is 5.28. The van der Waals surface area contributed by atoms with E-state index >= 15 is 0 Å². The van der Waals surface area contributed by atoms with Crippen LogP contribution in [0.25, 0.3) is 0 Å². The lowest BCUT2D eigenvalue weighted by Gasteiger charge is -2.06. The molecule has 0 bridgehead atoms. The van der Waals surface area contributed by atoms with Crippen LogP contribution in [0.3, 0.4) is 0 Å². The van der Waals surface area contributed by atoms with Gasteiger partial charge in [0, 0.05) is 29.2 Å². The summed E-state index contributed by atoms with van der Waals surface area (Å²) in [4.78, 5) is 10.9. The van der Waals surface area contributed by atoms with Crippen molar-refractivity contribution in [2.75, 3.05) is 5.32 Å². The third-order valence-corrected chi connectivity index (χ3v) is 3.59. The van der Waals surface area contributed by atoms with Crippen molar-refractivity contribution in [3.8, 4) is 0 Å². The highest BCUT2D eigenvalue weighted by atomic mass is 32.1. The Morgan fingerprint density at radius 2 is 2.22 bits per heavy atom. The van der Waals surface area contributed by atoms with Crippen LogP contribution < -0.4 is 5.32 Å². The average Bonchev–Trinajstić information content (AvgIpc) is 2.72. The Kier molecular flexibility index (Phi) is 3.57. The normalized spacial score (nSPS) is 10.3. The molecule has 2 rings (SSSR count). The van der Waals surface area contributed by atoms with Crippen molar-refractivity contribution < 1.29 is 9.31 Å². The molecule has 0 amide bonds. The minimum absolute atomic E-state index is 0.507. The predicted molar refractivity (Wildman–Crippen MR) is 69.4 cm³/mol. The topological polar surface area (TPSA) is 55.2 Å². The number of nitro benzene ring substituents is 1. The zero-order valence-electron chi connectivity index (χ0n) is 9.64. The number of rotatable bonds is 4. The maximum absolute atomic E-state index is 13.4. The quantitative estimate of drug-likeness (QED) is 0.678. The van der Waals surface area contributed by atoms with E-state index in [1.54, 1.807) is 11.3 Å². The third kappa shape index (κ3) is 2.65. The molecule has 0 spiro atoms. The van der Waals surface area contributed by atoms with Gasteiger partial charge in [0.25, 0.3) is 0 Å². The lowest BCUT2D eigenvalue weighted by atomic mass is 10.2. The summed E-state index contributed by atoms with van der Waals surface area (Å²) in [5, 5.41) is 15.5. The van der Waals surface area contributed by atoms with Gasteiger partial charge in [-0.15, -0.1) is 11.3 Å². The molecule has 0 saturated carbocycles. The molecule has 6 heteroatoms. The number of thiophene rings is 1. The van der Waals surface area contributed by atoms with Crippen LogP contribution in [0.1, 0.15) is 10.4 Å². The van der Waals surface area contributed by atoms with E-state index in [1.807, 2.05) is 18.4 Å². The molecule has 2 aromatic rings. The van der Waals surface area contributed by atoms with E-state index in [0.29, 0.717) is 12.2 Å². The zero-order valence-corrected chi connectivity index (χ0v) is 10.5. The molecule has 0 aliphatic heterocycles. The Labute approximate surface area is 107 Å². The summed E-state index contributed by atoms with van der Waals surface area (Å²) >= 11 is 1.62. The summed E-state index contributed by atoms with van der Waals surface area (Å²) < 4.78 is 13.4. The van der Waals surface area contributed by atoms with E-state index in [-0.39, 0.29) is 0 Å². The average molecular weight is 266 g/mol. The molecule has 0 fully saturated rings. The van der Waals surface area contributed by atoms with E-state index in [1.165, 1.54) is 17.7 Å². The molecule has 0 aliphatic carbocycles. The Balaban J connectivity index is 2.09. The minimum Gasteiger partial charge on any atom is -0.380 e. The second-order valence-electron chi connectivity index (χ2n) is 3.80. The second-order valence-corrected chi connectivity index (χ2v) is 4.80. The van der Waals surface area contributed by atoms with Crippen LogP contribution in [0.4, 0.5) is 15.8 Å². The van der Waals surface area contributed by atoms with Gasteiger partial charge < -0.3 is 5.32 Å². The zero-order chi connectivity index (χ0) is 13.1. The van der Waals surface area contributed by atoms with Crippen LogP contribution in [0.2, 0.25) is 0 Å². The summed E-state index contributed by atoms with van der Waals surface area (Å²) in [7, 11) is 0. The first kappa shape index (κ1) is 12.5. The van der Waals surface area contributed by atoms with Gasteiger partial charge in [0.2, 0.25) is 5.82 Å². The highest BCUT2D eigenvalue weighted by molar-refractivity contribution is 7.10. The number of halogens is 1. The Morgan fingerprint density at radius 3 is 2.78 bits per heavy atom. The molecule has 0 atom stereocenters. The number of nitrogens with zero attached hydrogens (tertiary/aromatic N) is 1. The highest BCUT2D eigenvalue weighted by Crippen LogP contribution is 2.22. The van der Waals surface area contributed by atoms with E-state index in [0.717, 1.165) is 10.9 Å². The van der Waals surface area contributed by atoms with Crippen LogP contribution in [0.5, 0.6) is 0 Å². The molecule has 1 N–H and O–H groups in total. The number of anilines is 1. The number of benzene rings is 1. The van der Waals surface area contributed by atoms with E-state index < -0.39 is 16.4 Å². The van der Waals surface area contributed by atoms with Crippen molar-refractivity contribution in [1.29, 1.82) is 0 Å². The molecular formula is C12H11FN2O2S. The first-order valence-corrected chi connectivity index (χ1v) is 6.16. The van der Waals surface area contributed by atoms with Crippen LogP contribution in [0, 0.1) is 22.9 Å². The molecule has 4 nitrogen and oxygen atoms in total. The van der Waals surface area contributed by atoms with Crippen molar-refractivity contribution in [3.05, 3.63) is 56.0 Å². The van der Waals surface area contributed by atoms with Crippen LogP contribution >= 0.6 is 11.3 Å². The van der Waals surface area contributed by atoms with Gasteiger partial charge in [-0.25, -0.2) is 0 Å². The Morgan fingerprint density at radius 1 is 1.44 bits per heavy atom. The summed E-state index contributed by atoms with van der Waals surface area (Å²) in [6.07, 6.45) is 0.